The van der Waals surface area contributed by atoms with Crippen LogP contribution in [0.15, 0.2) is 36.5 Å². The first-order valence-corrected chi connectivity index (χ1v) is 6.96. The fraction of sp³-hybridized carbons (Fsp3) is 0.400. The summed E-state index contributed by atoms with van der Waals surface area (Å²) >= 11 is 0. The molecular formula is C15H20N4. The second-order valence-corrected chi connectivity index (χ2v) is 4.82. The van der Waals surface area contributed by atoms with Gasteiger partial charge in [0.2, 0.25) is 0 Å². The zero-order chi connectivity index (χ0) is 13.1. The van der Waals surface area contributed by atoms with Gasteiger partial charge in [0.05, 0.1) is 5.69 Å². The molecular weight excluding hydrogens is 236 g/mol. The van der Waals surface area contributed by atoms with E-state index in [0.29, 0.717) is 0 Å². The topological polar surface area (TPSA) is 33.1 Å². The van der Waals surface area contributed by atoms with Gasteiger partial charge < -0.3 is 10.2 Å². The average Bonchev–Trinajstić information content (AvgIpc) is 2.97. The molecule has 1 N–H and O–H groups in total. The maximum Gasteiger partial charge on any atom is 0.0682 e. The van der Waals surface area contributed by atoms with Gasteiger partial charge in [-0.3, -0.25) is 4.68 Å². The van der Waals surface area contributed by atoms with E-state index in [0.717, 1.165) is 32.7 Å². The Morgan fingerprint density at radius 1 is 1.21 bits per heavy atom. The molecule has 0 amide bonds. The summed E-state index contributed by atoms with van der Waals surface area (Å²) in [4.78, 5) is 2.44. The molecule has 0 aliphatic carbocycles. The van der Waals surface area contributed by atoms with Crippen molar-refractivity contribution in [1.29, 1.82) is 0 Å². The summed E-state index contributed by atoms with van der Waals surface area (Å²) in [7, 11) is 0. The molecule has 0 unspecified atom stereocenters. The van der Waals surface area contributed by atoms with Crippen molar-refractivity contribution in [3.63, 3.8) is 0 Å². The van der Waals surface area contributed by atoms with Gasteiger partial charge in [0.25, 0.3) is 0 Å². The summed E-state index contributed by atoms with van der Waals surface area (Å²) in [5.41, 5.74) is 3.75. The minimum atomic E-state index is 0.903. The number of nitrogens with one attached hydrogen (secondary N) is 1. The number of piperazine rings is 1. The molecule has 3 rings (SSSR count). The van der Waals surface area contributed by atoms with Crippen LogP contribution in [-0.2, 0) is 6.54 Å². The molecule has 1 aliphatic heterocycles. The Hall–Kier alpha value is -1.81. The van der Waals surface area contributed by atoms with Crippen molar-refractivity contribution >= 4 is 5.69 Å². The zero-order valence-corrected chi connectivity index (χ0v) is 11.3. The van der Waals surface area contributed by atoms with Gasteiger partial charge >= 0.3 is 0 Å². The van der Waals surface area contributed by atoms with Crippen LogP contribution in [0.4, 0.5) is 5.69 Å². The van der Waals surface area contributed by atoms with E-state index in [4.69, 9.17) is 0 Å². The number of nitrogens with zero attached hydrogens (tertiary/aromatic N) is 3. The first-order valence-electron chi connectivity index (χ1n) is 6.96. The van der Waals surface area contributed by atoms with Gasteiger partial charge in [0, 0.05) is 50.2 Å². The molecule has 19 heavy (non-hydrogen) atoms. The molecule has 0 atom stereocenters. The van der Waals surface area contributed by atoms with E-state index < -0.39 is 0 Å². The van der Waals surface area contributed by atoms with Crippen molar-refractivity contribution < 1.29 is 0 Å². The van der Waals surface area contributed by atoms with Gasteiger partial charge in [-0.25, -0.2) is 0 Å². The van der Waals surface area contributed by atoms with Crippen LogP contribution in [0.2, 0.25) is 0 Å². The van der Waals surface area contributed by atoms with Crippen molar-refractivity contribution in [3.8, 4) is 11.3 Å². The van der Waals surface area contributed by atoms with Crippen LogP contribution in [0.1, 0.15) is 6.92 Å². The molecule has 0 saturated carbocycles. The number of rotatable bonds is 3. The highest BCUT2D eigenvalue weighted by Crippen LogP contribution is 2.24. The second-order valence-electron chi connectivity index (χ2n) is 4.82. The SMILES string of the molecule is CCn1nccc1-c1cccc(N2CCNCC2)c1. The molecule has 0 radical (unpaired) electrons. The van der Waals surface area contributed by atoms with Crippen LogP contribution in [0.5, 0.6) is 0 Å². The third-order valence-electron chi connectivity index (χ3n) is 3.64. The minimum absolute atomic E-state index is 0.903. The lowest BCUT2D eigenvalue weighted by Crippen LogP contribution is -2.43. The van der Waals surface area contributed by atoms with Gasteiger partial charge in [-0.1, -0.05) is 12.1 Å². The molecule has 2 aromatic rings. The first-order chi connectivity index (χ1) is 9.38. The van der Waals surface area contributed by atoms with E-state index in [1.54, 1.807) is 0 Å². The number of benzene rings is 1. The first kappa shape index (κ1) is 12.2. The highest BCUT2D eigenvalue weighted by Gasteiger charge is 2.12. The van der Waals surface area contributed by atoms with Crippen molar-refractivity contribution in [2.45, 2.75) is 13.5 Å². The normalized spacial score (nSPS) is 15.7. The molecule has 4 heteroatoms. The van der Waals surface area contributed by atoms with Crippen molar-refractivity contribution in [2.75, 3.05) is 31.1 Å². The molecule has 1 aliphatic rings. The van der Waals surface area contributed by atoms with Crippen LogP contribution in [0.25, 0.3) is 11.3 Å². The van der Waals surface area contributed by atoms with E-state index in [2.05, 4.69) is 52.6 Å². The van der Waals surface area contributed by atoms with Crippen LogP contribution < -0.4 is 10.2 Å². The molecule has 1 aromatic heterocycles. The van der Waals surface area contributed by atoms with E-state index in [9.17, 15) is 0 Å². The Kier molecular flexibility index (Phi) is 3.51. The molecule has 100 valence electrons. The Balaban J connectivity index is 1.91. The molecule has 1 fully saturated rings. The Morgan fingerprint density at radius 3 is 2.84 bits per heavy atom. The van der Waals surface area contributed by atoms with E-state index in [1.807, 2.05) is 10.9 Å². The van der Waals surface area contributed by atoms with Crippen molar-refractivity contribution in [3.05, 3.63) is 36.5 Å². The highest BCUT2D eigenvalue weighted by molar-refractivity contribution is 5.66. The fourth-order valence-electron chi connectivity index (χ4n) is 2.61. The van der Waals surface area contributed by atoms with Crippen LogP contribution in [0, 0.1) is 0 Å². The Morgan fingerprint density at radius 2 is 2.05 bits per heavy atom. The third kappa shape index (κ3) is 2.49. The predicted octanol–water partition coefficient (Wildman–Crippen LogP) is 1.98. The lowest BCUT2D eigenvalue weighted by atomic mass is 10.1. The van der Waals surface area contributed by atoms with Gasteiger partial charge in [-0.2, -0.15) is 5.10 Å². The number of anilines is 1. The number of aryl methyl sites for hydroxylation is 1. The largest absolute Gasteiger partial charge is 0.369 e. The maximum atomic E-state index is 4.35. The molecule has 0 spiro atoms. The lowest BCUT2D eigenvalue weighted by molar-refractivity contribution is 0.589. The average molecular weight is 256 g/mol. The summed E-state index contributed by atoms with van der Waals surface area (Å²) < 4.78 is 2.04. The second kappa shape index (κ2) is 5.45. The summed E-state index contributed by atoms with van der Waals surface area (Å²) in [5, 5.41) is 7.74. The van der Waals surface area contributed by atoms with E-state index in [1.165, 1.54) is 16.9 Å². The summed E-state index contributed by atoms with van der Waals surface area (Å²) in [6, 6.07) is 10.9. The summed E-state index contributed by atoms with van der Waals surface area (Å²) in [6.07, 6.45) is 1.87. The minimum Gasteiger partial charge on any atom is -0.369 e. The molecule has 1 saturated heterocycles. The highest BCUT2D eigenvalue weighted by atomic mass is 15.3. The van der Waals surface area contributed by atoms with Crippen LogP contribution >= 0.6 is 0 Å². The van der Waals surface area contributed by atoms with E-state index >= 15 is 0 Å². The van der Waals surface area contributed by atoms with Crippen LogP contribution in [0.3, 0.4) is 0 Å². The maximum absolute atomic E-state index is 4.35. The number of hydrogen-bond acceptors (Lipinski definition) is 3. The fourth-order valence-corrected chi connectivity index (χ4v) is 2.61. The molecule has 0 bridgehead atoms. The Bertz CT molecular complexity index is 541. The van der Waals surface area contributed by atoms with Crippen LogP contribution in [-0.4, -0.2) is 36.0 Å². The van der Waals surface area contributed by atoms with Gasteiger partial charge in [0.15, 0.2) is 0 Å². The number of aromatic nitrogens is 2. The smallest absolute Gasteiger partial charge is 0.0682 e. The molecule has 4 nitrogen and oxygen atoms in total. The quantitative estimate of drug-likeness (QED) is 0.911. The lowest BCUT2D eigenvalue weighted by Gasteiger charge is -2.29. The number of hydrogen-bond donors (Lipinski definition) is 1. The third-order valence-corrected chi connectivity index (χ3v) is 3.64. The van der Waals surface area contributed by atoms with Crippen molar-refractivity contribution in [2.24, 2.45) is 0 Å². The monoisotopic (exact) mass is 256 g/mol. The standard InChI is InChI=1S/C15H20N4/c1-2-19-15(6-7-17-19)13-4-3-5-14(12-13)18-10-8-16-9-11-18/h3-7,12,16H,2,8-11H2,1H3. The molecule has 2 heterocycles. The zero-order valence-electron chi connectivity index (χ0n) is 11.3. The summed E-state index contributed by atoms with van der Waals surface area (Å²) in [6.45, 7) is 7.32. The molecule has 1 aromatic carbocycles. The van der Waals surface area contributed by atoms with Gasteiger partial charge in [-0.15, -0.1) is 0 Å². The van der Waals surface area contributed by atoms with E-state index in [-0.39, 0.29) is 0 Å². The van der Waals surface area contributed by atoms with Crippen molar-refractivity contribution in [1.82, 2.24) is 15.1 Å². The predicted molar refractivity (Wildman–Crippen MR) is 78.4 cm³/mol. The Labute approximate surface area is 114 Å². The van der Waals surface area contributed by atoms with Gasteiger partial charge in [0.1, 0.15) is 0 Å². The van der Waals surface area contributed by atoms with Gasteiger partial charge in [-0.05, 0) is 25.1 Å². The summed E-state index contributed by atoms with van der Waals surface area (Å²) in [5.74, 6) is 0.